The summed E-state index contributed by atoms with van der Waals surface area (Å²) in [5, 5.41) is 0. The van der Waals surface area contributed by atoms with Crippen LogP contribution >= 0.6 is 22.9 Å². The fourth-order valence-electron chi connectivity index (χ4n) is 1.32. The molecule has 0 radical (unpaired) electrons. The molecule has 0 aromatic rings. The Bertz CT molecular complexity index is 255. The van der Waals surface area contributed by atoms with Gasteiger partial charge in [-0.2, -0.15) is 4.40 Å². The number of hydrogen-bond donors (Lipinski definition) is 0. The van der Waals surface area contributed by atoms with Crippen LogP contribution in [0.15, 0.2) is 4.40 Å². The van der Waals surface area contributed by atoms with E-state index in [4.69, 9.17) is 0 Å². The molecule has 0 bridgehead atoms. The number of piperidine rings is 1. The van der Waals surface area contributed by atoms with Crippen LogP contribution in [-0.2, 0) is 11.0 Å². The van der Waals surface area contributed by atoms with Gasteiger partial charge in [-0.3, -0.25) is 0 Å². The largest absolute Gasteiger partial charge is 0.248 e. The molecule has 1 heterocycles. The second-order valence-corrected chi connectivity index (χ2v) is 8.16. The van der Waals surface area contributed by atoms with Crippen LogP contribution in [0.1, 0.15) is 33.6 Å². The smallest absolute Gasteiger partial charge is 0.144 e. The van der Waals surface area contributed by atoms with Crippen molar-refractivity contribution in [3.05, 3.63) is 0 Å². The van der Waals surface area contributed by atoms with Gasteiger partial charge in [-0.1, -0.05) is 0 Å². The molecule has 1 aliphatic heterocycles. The van der Waals surface area contributed by atoms with Crippen LogP contribution < -0.4 is 0 Å². The molecule has 1 saturated heterocycles. The Morgan fingerprint density at radius 2 is 1.93 bits per heavy atom. The van der Waals surface area contributed by atoms with Crippen molar-refractivity contribution in [2.45, 2.75) is 38.4 Å². The van der Waals surface area contributed by atoms with Crippen molar-refractivity contribution in [2.24, 2.45) is 10.3 Å². The van der Waals surface area contributed by atoms with Crippen LogP contribution in [0.5, 0.6) is 0 Å². The molecule has 0 spiro atoms. The maximum absolute atomic E-state index is 11.7. The highest BCUT2D eigenvalue weighted by molar-refractivity contribution is 14.1. The minimum atomic E-state index is -1.09. The first-order valence-electron chi connectivity index (χ1n) is 5.26. The Kier molecular flexibility index (Phi) is 5.18. The van der Waals surface area contributed by atoms with E-state index in [2.05, 4.69) is 30.4 Å². The van der Waals surface area contributed by atoms with E-state index >= 15 is 0 Å². The third-order valence-corrected chi connectivity index (χ3v) is 4.70. The highest BCUT2D eigenvalue weighted by Crippen LogP contribution is 2.19. The van der Waals surface area contributed by atoms with Gasteiger partial charge in [0.25, 0.3) is 0 Å². The molecule has 0 unspecified atom stereocenters. The summed E-state index contributed by atoms with van der Waals surface area (Å²) in [7, 11) is -1.09. The molecule has 5 heteroatoms. The molecule has 0 aromatic carbocycles. The SMILES string of the molecule is CC(C)(C)[S@](=O)/N=C/C1CCN(I)CC1. The lowest BCUT2D eigenvalue weighted by Gasteiger charge is -2.24. The zero-order chi connectivity index (χ0) is 11.5. The molecule has 1 aliphatic rings. The molecule has 1 fully saturated rings. The van der Waals surface area contributed by atoms with Crippen molar-refractivity contribution in [2.75, 3.05) is 13.1 Å². The standard InChI is InChI=1S/C10H19IN2OS/c1-10(2,3)15(14)12-8-9-4-6-13(11)7-5-9/h8-9H,4-7H2,1-3H3/b12-8+/t15-/m0/s1. The zero-order valence-electron chi connectivity index (χ0n) is 9.57. The molecular weight excluding hydrogens is 323 g/mol. The Hall–Kier alpha value is 0.510. The summed E-state index contributed by atoms with van der Waals surface area (Å²) >= 11 is 2.35. The molecule has 1 atom stereocenters. The summed E-state index contributed by atoms with van der Waals surface area (Å²) < 4.78 is 17.9. The quantitative estimate of drug-likeness (QED) is 0.439. The molecule has 0 aliphatic carbocycles. The van der Waals surface area contributed by atoms with Crippen LogP contribution in [0, 0.1) is 5.92 Å². The Balaban J connectivity index is 2.42. The highest BCUT2D eigenvalue weighted by Gasteiger charge is 2.20. The van der Waals surface area contributed by atoms with E-state index in [1.54, 1.807) is 0 Å². The number of hydrogen-bond acceptors (Lipinski definition) is 2. The molecular formula is C10H19IN2OS. The Morgan fingerprint density at radius 1 is 1.40 bits per heavy atom. The summed E-state index contributed by atoms with van der Waals surface area (Å²) in [6, 6.07) is 0. The summed E-state index contributed by atoms with van der Waals surface area (Å²) in [5.41, 5.74) is 0. The lowest BCUT2D eigenvalue weighted by atomic mass is 10.0. The van der Waals surface area contributed by atoms with Crippen molar-refractivity contribution in [3.63, 3.8) is 0 Å². The van der Waals surface area contributed by atoms with Gasteiger partial charge in [0, 0.05) is 42.2 Å². The second kappa shape index (κ2) is 5.72. The first kappa shape index (κ1) is 13.6. The van der Waals surface area contributed by atoms with Crippen LogP contribution in [-0.4, -0.2) is 31.4 Å². The Morgan fingerprint density at radius 3 is 2.40 bits per heavy atom. The predicted octanol–water partition coefficient (Wildman–Crippen LogP) is 2.58. The van der Waals surface area contributed by atoms with Gasteiger partial charge < -0.3 is 0 Å². The molecule has 1 rings (SSSR count). The average molecular weight is 342 g/mol. The monoisotopic (exact) mass is 342 g/mol. The van der Waals surface area contributed by atoms with Gasteiger partial charge in [0.1, 0.15) is 11.0 Å². The summed E-state index contributed by atoms with van der Waals surface area (Å²) in [4.78, 5) is 0. The fourth-order valence-corrected chi connectivity index (χ4v) is 2.47. The molecule has 15 heavy (non-hydrogen) atoms. The maximum Gasteiger partial charge on any atom is 0.144 e. The minimum absolute atomic E-state index is 0.236. The third kappa shape index (κ3) is 4.91. The fraction of sp³-hybridized carbons (Fsp3) is 0.900. The summed E-state index contributed by atoms with van der Waals surface area (Å²) in [6.07, 6.45) is 4.17. The van der Waals surface area contributed by atoms with Gasteiger partial charge >= 0.3 is 0 Å². The number of nitrogens with zero attached hydrogens (tertiary/aromatic N) is 2. The van der Waals surface area contributed by atoms with Gasteiger partial charge in [-0.25, -0.2) is 7.32 Å². The Labute approximate surface area is 109 Å². The summed E-state index contributed by atoms with van der Waals surface area (Å²) in [6.45, 7) is 8.08. The average Bonchev–Trinajstić information content (AvgIpc) is 2.15. The molecule has 88 valence electrons. The van der Waals surface area contributed by atoms with Crippen LogP contribution in [0.3, 0.4) is 0 Å². The predicted molar refractivity (Wildman–Crippen MR) is 74.7 cm³/mol. The number of halogens is 1. The van der Waals surface area contributed by atoms with Crippen LogP contribution in [0.4, 0.5) is 0 Å². The van der Waals surface area contributed by atoms with E-state index < -0.39 is 11.0 Å². The second-order valence-electron chi connectivity index (χ2n) is 4.86. The molecule has 0 aromatic heterocycles. The van der Waals surface area contributed by atoms with Gasteiger partial charge in [-0.05, 0) is 39.5 Å². The van der Waals surface area contributed by atoms with E-state index in [1.807, 2.05) is 27.0 Å². The maximum atomic E-state index is 11.7. The van der Waals surface area contributed by atoms with Crippen molar-refractivity contribution in [1.29, 1.82) is 0 Å². The highest BCUT2D eigenvalue weighted by atomic mass is 127. The van der Waals surface area contributed by atoms with Gasteiger partial charge in [0.05, 0.1) is 4.75 Å². The van der Waals surface area contributed by atoms with Crippen LogP contribution in [0.25, 0.3) is 0 Å². The van der Waals surface area contributed by atoms with Crippen molar-refractivity contribution >= 4 is 40.1 Å². The molecule has 3 nitrogen and oxygen atoms in total. The van der Waals surface area contributed by atoms with Crippen molar-refractivity contribution in [1.82, 2.24) is 3.11 Å². The summed E-state index contributed by atoms with van der Waals surface area (Å²) in [5.74, 6) is 0.516. The lowest BCUT2D eigenvalue weighted by Crippen LogP contribution is -2.27. The normalized spacial score (nSPS) is 23.5. The van der Waals surface area contributed by atoms with E-state index in [0.29, 0.717) is 5.92 Å². The van der Waals surface area contributed by atoms with E-state index in [-0.39, 0.29) is 4.75 Å². The number of rotatable bonds is 2. The third-order valence-electron chi connectivity index (χ3n) is 2.38. The van der Waals surface area contributed by atoms with E-state index in [9.17, 15) is 4.21 Å². The van der Waals surface area contributed by atoms with Gasteiger partial charge in [0.15, 0.2) is 0 Å². The van der Waals surface area contributed by atoms with Gasteiger partial charge in [0.2, 0.25) is 0 Å². The molecule has 0 N–H and O–H groups in total. The first-order chi connectivity index (χ1) is 6.89. The minimum Gasteiger partial charge on any atom is -0.248 e. The first-order valence-corrected chi connectivity index (χ1v) is 7.33. The van der Waals surface area contributed by atoms with Crippen molar-refractivity contribution in [3.8, 4) is 0 Å². The van der Waals surface area contributed by atoms with Crippen molar-refractivity contribution < 1.29 is 4.21 Å². The van der Waals surface area contributed by atoms with E-state index in [1.165, 1.54) is 0 Å². The molecule has 0 amide bonds. The van der Waals surface area contributed by atoms with Gasteiger partial charge in [-0.15, -0.1) is 0 Å². The van der Waals surface area contributed by atoms with E-state index in [0.717, 1.165) is 25.9 Å². The zero-order valence-corrected chi connectivity index (χ0v) is 12.5. The van der Waals surface area contributed by atoms with Crippen LogP contribution in [0.2, 0.25) is 0 Å². The topological polar surface area (TPSA) is 32.7 Å². The lowest BCUT2D eigenvalue weighted by molar-refractivity contribution is 0.368. The molecule has 0 saturated carbocycles.